The Bertz CT molecular complexity index is 1000. The lowest BCUT2D eigenvalue weighted by Crippen LogP contribution is -2.19. The van der Waals surface area contributed by atoms with Gasteiger partial charge in [-0.2, -0.15) is 0 Å². The summed E-state index contributed by atoms with van der Waals surface area (Å²) < 4.78 is 10.7. The summed E-state index contributed by atoms with van der Waals surface area (Å²) in [6.07, 6.45) is 0. The van der Waals surface area contributed by atoms with Crippen molar-refractivity contribution in [3.8, 4) is 5.75 Å². The number of rotatable bonds is 5. The van der Waals surface area contributed by atoms with Gasteiger partial charge in [0, 0.05) is 16.9 Å². The van der Waals surface area contributed by atoms with Crippen molar-refractivity contribution in [2.75, 3.05) is 10.6 Å². The maximum atomic E-state index is 12.2. The van der Waals surface area contributed by atoms with Crippen LogP contribution in [0, 0.1) is 0 Å². The summed E-state index contributed by atoms with van der Waals surface area (Å²) in [6, 6.07) is 21.7. The standard InChI is InChI=1S/C22H18N2O4/c25-21-20-12-18(7-6-16(20)14-28-21)24-22(26)23-17-8-10-19(11-9-17)27-13-15-4-2-1-3-5-15/h1-12H,13-14H2,(H2,23,24,26). The number of anilines is 2. The molecule has 0 saturated heterocycles. The van der Waals surface area contributed by atoms with Gasteiger partial charge in [0.15, 0.2) is 0 Å². The Morgan fingerprint density at radius 3 is 2.43 bits per heavy atom. The maximum absolute atomic E-state index is 12.2. The fourth-order valence-corrected chi connectivity index (χ4v) is 2.86. The second kappa shape index (κ2) is 7.84. The van der Waals surface area contributed by atoms with Crippen molar-refractivity contribution in [2.24, 2.45) is 0 Å². The molecule has 2 N–H and O–H groups in total. The van der Waals surface area contributed by atoms with Crippen molar-refractivity contribution in [3.63, 3.8) is 0 Å². The minimum absolute atomic E-state index is 0.277. The highest BCUT2D eigenvalue weighted by atomic mass is 16.5. The first-order valence-electron chi connectivity index (χ1n) is 8.82. The lowest BCUT2D eigenvalue weighted by atomic mass is 10.1. The van der Waals surface area contributed by atoms with Crippen LogP contribution in [0.4, 0.5) is 16.2 Å². The van der Waals surface area contributed by atoms with Crippen LogP contribution in [0.1, 0.15) is 21.5 Å². The summed E-state index contributed by atoms with van der Waals surface area (Å²) in [7, 11) is 0. The van der Waals surface area contributed by atoms with Gasteiger partial charge in [-0.1, -0.05) is 36.4 Å². The topological polar surface area (TPSA) is 76.7 Å². The van der Waals surface area contributed by atoms with Gasteiger partial charge in [0.2, 0.25) is 0 Å². The van der Waals surface area contributed by atoms with E-state index < -0.39 is 6.03 Å². The summed E-state index contributed by atoms with van der Waals surface area (Å²) >= 11 is 0. The molecule has 0 fully saturated rings. The molecule has 2 amide bonds. The minimum atomic E-state index is -0.399. The van der Waals surface area contributed by atoms with Gasteiger partial charge in [0.05, 0.1) is 5.56 Å². The van der Waals surface area contributed by atoms with Crippen molar-refractivity contribution in [1.29, 1.82) is 0 Å². The molecule has 4 rings (SSSR count). The highest BCUT2D eigenvalue weighted by Crippen LogP contribution is 2.23. The number of hydrogen-bond acceptors (Lipinski definition) is 4. The Kier molecular flexibility index (Phi) is 4.93. The molecular weight excluding hydrogens is 356 g/mol. The zero-order chi connectivity index (χ0) is 19.3. The molecule has 0 atom stereocenters. The largest absolute Gasteiger partial charge is 0.489 e. The van der Waals surface area contributed by atoms with E-state index in [2.05, 4.69) is 10.6 Å². The van der Waals surface area contributed by atoms with Gasteiger partial charge in [-0.25, -0.2) is 9.59 Å². The van der Waals surface area contributed by atoms with Crippen LogP contribution < -0.4 is 15.4 Å². The summed E-state index contributed by atoms with van der Waals surface area (Å²) in [6.45, 7) is 0.758. The molecule has 3 aromatic rings. The van der Waals surface area contributed by atoms with Crippen LogP contribution in [0.25, 0.3) is 0 Å². The first-order valence-corrected chi connectivity index (χ1v) is 8.82. The van der Waals surface area contributed by atoms with Crippen molar-refractivity contribution in [1.82, 2.24) is 0 Å². The molecule has 140 valence electrons. The molecule has 0 unspecified atom stereocenters. The van der Waals surface area contributed by atoms with Gasteiger partial charge in [-0.15, -0.1) is 0 Å². The zero-order valence-electron chi connectivity index (χ0n) is 15.0. The van der Waals surface area contributed by atoms with Crippen LogP contribution in [-0.2, 0) is 18.0 Å². The van der Waals surface area contributed by atoms with E-state index >= 15 is 0 Å². The number of esters is 1. The quantitative estimate of drug-likeness (QED) is 0.641. The van der Waals surface area contributed by atoms with Crippen LogP contribution in [0.15, 0.2) is 72.8 Å². The van der Waals surface area contributed by atoms with E-state index in [0.29, 0.717) is 29.3 Å². The van der Waals surface area contributed by atoms with Gasteiger partial charge in [-0.3, -0.25) is 0 Å². The number of hydrogen-bond donors (Lipinski definition) is 2. The van der Waals surface area contributed by atoms with Crippen molar-refractivity contribution in [3.05, 3.63) is 89.5 Å². The highest BCUT2D eigenvalue weighted by Gasteiger charge is 2.21. The maximum Gasteiger partial charge on any atom is 0.338 e. The summed E-state index contributed by atoms with van der Waals surface area (Å²) in [5.41, 5.74) is 3.55. The van der Waals surface area contributed by atoms with Gasteiger partial charge < -0.3 is 20.1 Å². The Hall–Kier alpha value is -3.80. The smallest absolute Gasteiger partial charge is 0.338 e. The molecule has 3 aromatic carbocycles. The fraction of sp³-hybridized carbons (Fsp3) is 0.0909. The molecule has 1 aliphatic rings. The average Bonchev–Trinajstić information content (AvgIpc) is 3.08. The van der Waals surface area contributed by atoms with Crippen molar-refractivity contribution >= 4 is 23.4 Å². The van der Waals surface area contributed by atoms with Crippen molar-refractivity contribution < 1.29 is 19.1 Å². The van der Waals surface area contributed by atoms with Gasteiger partial charge in [-0.05, 0) is 42.0 Å². The average molecular weight is 374 g/mol. The number of fused-ring (bicyclic) bond motifs is 1. The number of ether oxygens (including phenoxy) is 2. The fourth-order valence-electron chi connectivity index (χ4n) is 2.86. The first kappa shape index (κ1) is 17.6. The third kappa shape index (κ3) is 4.12. The minimum Gasteiger partial charge on any atom is -0.489 e. The number of amides is 2. The Morgan fingerprint density at radius 2 is 1.64 bits per heavy atom. The first-order chi connectivity index (χ1) is 13.7. The summed E-state index contributed by atoms with van der Waals surface area (Å²) in [5, 5.41) is 5.46. The summed E-state index contributed by atoms with van der Waals surface area (Å²) in [5.74, 6) is 0.345. The molecule has 0 aliphatic carbocycles. The molecule has 0 radical (unpaired) electrons. The molecular formula is C22H18N2O4. The molecule has 6 nitrogen and oxygen atoms in total. The Labute approximate surface area is 162 Å². The van der Waals surface area contributed by atoms with Gasteiger partial charge in [0.25, 0.3) is 0 Å². The molecule has 1 aliphatic heterocycles. The molecule has 0 aromatic heterocycles. The molecule has 0 spiro atoms. The number of benzene rings is 3. The predicted molar refractivity (Wildman–Crippen MR) is 105 cm³/mol. The van der Waals surface area contributed by atoms with Crippen LogP contribution in [-0.4, -0.2) is 12.0 Å². The van der Waals surface area contributed by atoms with E-state index in [-0.39, 0.29) is 12.6 Å². The van der Waals surface area contributed by atoms with Gasteiger partial charge >= 0.3 is 12.0 Å². The lowest BCUT2D eigenvalue weighted by Gasteiger charge is -2.10. The monoisotopic (exact) mass is 374 g/mol. The predicted octanol–water partition coefficient (Wildman–Crippen LogP) is 4.58. The number of nitrogens with one attached hydrogen (secondary N) is 2. The number of urea groups is 1. The van der Waals surface area contributed by atoms with Crippen molar-refractivity contribution in [2.45, 2.75) is 13.2 Å². The Morgan fingerprint density at radius 1 is 0.929 bits per heavy atom. The molecule has 1 heterocycles. The van der Waals surface area contributed by atoms with Crippen LogP contribution >= 0.6 is 0 Å². The van der Waals surface area contributed by atoms with Crippen LogP contribution in [0.5, 0.6) is 5.75 Å². The normalized spacial score (nSPS) is 12.1. The summed E-state index contributed by atoms with van der Waals surface area (Å²) in [4.78, 5) is 23.8. The Balaban J connectivity index is 1.32. The lowest BCUT2D eigenvalue weighted by molar-refractivity contribution is 0.0535. The molecule has 28 heavy (non-hydrogen) atoms. The molecule has 6 heteroatoms. The molecule has 0 bridgehead atoms. The third-order valence-electron chi connectivity index (χ3n) is 4.31. The van der Waals surface area contributed by atoms with E-state index in [1.807, 2.05) is 30.3 Å². The van der Waals surface area contributed by atoms with E-state index in [4.69, 9.17) is 9.47 Å². The third-order valence-corrected chi connectivity index (χ3v) is 4.31. The number of carbonyl (C=O) groups is 2. The van der Waals surface area contributed by atoms with Crippen LogP contribution in [0.3, 0.4) is 0 Å². The zero-order valence-corrected chi connectivity index (χ0v) is 15.0. The SMILES string of the molecule is O=C(Nc1ccc(OCc2ccccc2)cc1)Nc1ccc2c(c1)C(=O)OC2. The number of carbonyl (C=O) groups excluding carboxylic acids is 2. The number of cyclic esters (lactones) is 1. The van der Waals surface area contributed by atoms with E-state index in [9.17, 15) is 9.59 Å². The second-order valence-corrected chi connectivity index (χ2v) is 6.33. The van der Waals surface area contributed by atoms with E-state index in [0.717, 1.165) is 11.1 Å². The second-order valence-electron chi connectivity index (χ2n) is 6.33. The van der Waals surface area contributed by atoms with E-state index in [1.165, 1.54) is 0 Å². The molecule has 0 saturated carbocycles. The van der Waals surface area contributed by atoms with Crippen LogP contribution in [0.2, 0.25) is 0 Å². The van der Waals surface area contributed by atoms with E-state index in [1.54, 1.807) is 42.5 Å². The highest BCUT2D eigenvalue weighted by molar-refractivity contribution is 6.01. The van der Waals surface area contributed by atoms with Gasteiger partial charge in [0.1, 0.15) is 19.0 Å².